The maximum absolute atomic E-state index is 10.1. The summed E-state index contributed by atoms with van der Waals surface area (Å²) >= 11 is 0. The van der Waals surface area contributed by atoms with E-state index < -0.39 is 0 Å². The van der Waals surface area contributed by atoms with Crippen molar-refractivity contribution in [1.82, 2.24) is 0 Å². The van der Waals surface area contributed by atoms with E-state index in [0.29, 0.717) is 5.92 Å². The fraction of sp³-hybridized carbons (Fsp3) is 1.00. The monoisotopic (exact) mass is 328 g/mol. The normalized spacial score (nSPS) is 14.3. The number of hydrogen-bond donors (Lipinski definition) is 2. The second-order valence-electron chi connectivity index (χ2n) is 7.69. The Kier molecular flexibility index (Phi) is 16.7. The summed E-state index contributed by atoms with van der Waals surface area (Å²) in [6, 6.07) is 0. The van der Waals surface area contributed by atoms with Gasteiger partial charge in [-0.15, -0.1) is 0 Å². The topological polar surface area (TPSA) is 40.5 Å². The van der Waals surface area contributed by atoms with Gasteiger partial charge in [-0.1, -0.05) is 104 Å². The van der Waals surface area contributed by atoms with Crippen molar-refractivity contribution in [2.75, 3.05) is 6.61 Å². The maximum Gasteiger partial charge on any atom is 0.0592 e. The van der Waals surface area contributed by atoms with E-state index in [1.165, 1.54) is 77.0 Å². The SMILES string of the molecule is CCCCCCCCCCCCCCC[C@@H](O)[C@H](CO)C(C)C. The summed E-state index contributed by atoms with van der Waals surface area (Å²) in [6.45, 7) is 6.54. The van der Waals surface area contributed by atoms with E-state index in [2.05, 4.69) is 20.8 Å². The molecule has 0 saturated heterocycles. The Balaban J connectivity index is 3.27. The number of aliphatic hydroxyl groups excluding tert-OH is 2. The van der Waals surface area contributed by atoms with Crippen LogP contribution in [0, 0.1) is 11.8 Å². The van der Waals surface area contributed by atoms with Crippen LogP contribution in [0.15, 0.2) is 0 Å². The van der Waals surface area contributed by atoms with Crippen LogP contribution in [0.4, 0.5) is 0 Å². The van der Waals surface area contributed by atoms with Crippen LogP contribution in [0.2, 0.25) is 0 Å². The zero-order valence-corrected chi connectivity index (χ0v) is 16.2. The van der Waals surface area contributed by atoms with E-state index in [1.807, 2.05) is 0 Å². The first-order valence-electron chi connectivity index (χ1n) is 10.4. The summed E-state index contributed by atoms with van der Waals surface area (Å²) in [4.78, 5) is 0. The predicted octanol–water partition coefficient (Wildman–Crippen LogP) is 6.09. The Labute approximate surface area is 146 Å². The highest BCUT2D eigenvalue weighted by Gasteiger charge is 2.20. The Morgan fingerprint density at radius 1 is 0.652 bits per heavy atom. The molecule has 0 unspecified atom stereocenters. The van der Waals surface area contributed by atoms with E-state index in [1.54, 1.807) is 0 Å². The van der Waals surface area contributed by atoms with E-state index >= 15 is 0 Å². The van der Waals surface area contributed by atoms with Crippen molar-refractivity contribution in [3.8, 4) is 0 Å². The van der Waals surface area contributed by atoms with Gasteiger partial charge in [-0.3, -0.25) is 0 Å². The third-order valence-corrected chi connectivity index (χ3v) is 5.16. The highest BCUT2D eigenvalue weighted by Crippen LogP contribution is 2.20. The van der Waals surface area contributed by atoms with Crippen molar-refractivity contribution < 1.29 is 10.2 Å². The fourth-order valence-corrected chi connectivity index (χ4v) is 3.36. The molecule has 23 heavy (non-hydrogen) atoms. The quantitative estimate of drug-likeness (QED) is 0.317. The molecule has 0 aromatic rings. The second-order valence-corrected chi connectivity index (χ2v) is 7.69. The highest BCUT2D eigenvalue weighted by atomic mass is 16.3. The molecule has 0 spiro atoms. The predicted molar refractivity (Wildman–Crippen MR) is 102 cm³/mol. The van der Waals surface area contributed by atoms with Gasteiger partial charge in [0, 0.05) is 12.5 Å². The minimum atomic E-state index is -0.326. The van der Waals surface area contributed by atoms with Crippen LogP contribution in [0.1, 0.15) is 111 Å². The summed E-state index contributed by atoms with van der Waals surface area (Å²) in [5.74, 6) is 0.407. The fourth-order valence-electron chi connectivity index (χ4n) is 3.36. The van der Waals surface area contributed by atoms with Gasteiger partial charge < -0.3 is 10.2 Å². The molecule has 0 heterocycles. The van der Waals surface area contributed by atoms with Crippen molar-refractivity contribution in [2.45, 2.75) is 117 Å². The van der Waals surface area contributed by atoms with Gasteiger partial charge in [-0.2, -0.15) is 0 Å². The Morgan fingerprint density at radius 3 is 1.39 bits per heavy atom. The van der Waals surface area contributed by atoms with Gasteiger partial charge in [0.1, 0.15) is 0 Å². The van der Waals surface area contributed by atoms with Crippen molar-refractivity contribution in [2.24, 2.45) is 11.8 Å². The number of unbranched alkanes of at least 4 members (excludes halogenated alkanes) is 12. The molecule has 0 aromatic carbocycles. The third-order valence-electron chi connectivity index (χ3n) is 5.16. The lowest BCUT2D eigenvalue weighted by atomic mass is 9.88. The van der Waals surface area contributed by atoms with Crippen LogP contribution in [-0.4, -0.2) is 22.9 Å². The molecule has 0 fully saturated rings. The Hall–Kier alpha value is -0.0800. The number of hydrogen-bond acceptors (Lipinski definition) is 2. The molecule has 2 N–H and O–H groups in total. The summed E-state index contributed by atoms with van der Waals surface area (Å²) in [7, 11) is 0. The minimum Gasteiger partial charge on any atom is -0.396 e. The summed E-state index contributed by atoms with van der Waals surface area (Å²) < 4.78 is 0. The van der Waals surface area contributed by atoms with Crippen molar-refractivity contribution in [3.63, 3.8) is 0 Å². The smallest absolute Gasteiger partial charge is 0.0592 e. The first-order chi connectivity index (χ1) is 11.1. The zero-order chi connectivity index (χ0) is 17.3. The maximum atomic E-state index is 10.1. The average molecular weight is 329 g/mol. The van der Waals surface area contributed by atoms with Crippen LogP contribution in [0.25, 0.3) is 0 Å². The second kappa shape index (κ2) is 16.8. The molecule has 0 amide bonds. The molecule has 140 valence electrons. The number of rotatable bonds is 17. The summed E-state index contributed by atoms with van der Waals surface area (Å²) in [5.41, 5.74) is 0. The molecule has 0 aliphatic heterocycles. The van der Waals surface area contributed by atoms with E-state index in [4.69, 9.17) is 0 Å². The largest absolute Gasteiger partial charge is 0.396 e. The molecule has 2 atom stereocenters. The van der Waals surface area contributed by atoms with Gasteiger partial charge >= 0.3 is 0 Å². The molecule has 0 rings (SSSR count). The van der Waals surface area contributed by atoms with Crippen LogP contribution in [0.3, 0.4) is 0 Å². The molecule has 0 aliphatic rings. The molecule has 0 bridgehead atoms. The van der Waals surface area contributed by atoms with Gasteiger partial charge in [0.2, 0.25) is 0 Å². The molecular formula is C21H44O2. The van der Waals surface area contributed by atoms with Crippen LogP contribution < -0.4 is 0 Å². The molecule has 0 radical (unpaired) electrons. The first-order valence-corrected chi connectivity index (χ1v) is 10.4. The van der Waals surface area contributed by atoms with Gasteiger partial charge in [0.05, 0.1) is 6.10 Å². The molecule has 2 nitrogen and oxygen atoms in total. The third kappa shape index (κ3) is 14.0. The van der Waals surface area contributed by atoms with Crippen LogP contribution >= 0.6 is 0 Å². The highest BCUT2D eigenvalue weighted by molar-refractivity contribution is 4.71. The molecular weight excluding hydrogens is 284 g/mol. The van der Waals surface area contributed by atoms with Crippen molar-refractivity contribution in [3.05, 3.63) is 0 Å². The Morgan fingerprint density at radius 2 is 1.04 bits per heavy atom. The van der Waals surface area contributed by atoms with Crippen molar-refractivity contribution >= 4 is 0 Å². The summed E-state index contributed by atoms with van der Waals surface area (Å²) in [5, 5.41) is 19.4. The molecule has 0 aliphatic carbocycles. The standard InChI is InChI=1S/C21H44O2/c1-4-5-6-7-8-9-10-11-12-13-14-15-16-17-21(23)20(18-22)19(2)3/h19-23H,4-18H2,1-3H3/t20-,21-/m1/s1. The lowest BCUT2D eigenvalue weighted by molar-refractivity contribution is 0.0344. The van der Waals surface area contributed by atoms with E-state index in [-0.39, 0.29) is 18.6 Å². The van der Waals surface area contributed by atoms with Gasteiger partial charge in [0.15, 0.2) is 0 Å². The van der Waals surface area contributed by atoms with Crippen LogP contribution in [-0.2, 0) is 0 Å². The van der Waals surface area contributed by atoms with E-state index in [0.717, 1.165) is 12.8 Å². The lowest BCUT2D eigenvalue weighted by Gasteiger charge is -2.24. The average Bonchev–Trinajstić information content (AvgIpc) is 2.52. The summed E-state index contributed by atoms with van der Waals surface area (Å²) in [6.07, 6.45) is 18.1. The van der Waals surface area contributed by atoms with Gasteiger partial charge in [-0.25, -0.2) is 0 Å². The van der Waals surface area contributed by atoms with Crippen molar-refractivity contribution in [1.29, 1.82) is 0 Å². The zero-order valence-electron chi connectivity index (χ0n) is 16.2. The van der Waals surface area contributed by atoms with Gasteiger partial charge in [0.25, 0.3) is 0 Å². The number of aliphatic hydroxyl groups is 2. The molecule has 2 heteroatoms. The lowest BCUT2D eigenvalue weighted by Crippen LogP contribution is -2.28. The molecule has 0 saturated carbocycles. The van der Waals surface area contributed by atoms with Crippen LogP contribution in [0.5, 0.6) is 0 Å². The van der Waals surface area contributed by atoms with Gasteiger partial charge in [-0.05, 0) is 12.3 Å². The molecule has 0 aromatic heterocycles. The minimum absolute atomic E-state index is 0.0485. The first kappa shape index (κ1) is 22.9. The Bertz CT molecular complexity index is 228. The van der Waals surface area contributed by atoms with E-state index in [9.17, 15) is 10.2 Å².